The van der Waals surface area contributed by atoms with Crippen LogP contribution in [0, 0.1) is 10.1 Å². The van der Waals surface area contributed by atoms with Gasteiger partial charge in [-0.25, -0.2) is 0 Å². The summed E-state index contributed by atoms with van der Waals surface area (Å²) in [7, 11) is 0. The Morgan fingerprint density at radius 3 is 2.75 bits per heavy atom. The zero-order valence-electron chi connectivity index (χ0n) is 9.84. The standard InChI is InChI=1S/C12H7BrClN3O3/c13-9-5-7(1-2-11(9)17(19)20)16-12(18)8-3-4-15-6-10(8)14/h1-6H,(H,16,18). The molecule has 0 aliphatic carbocycles. The van der Waals surface area contributed by atoms with Crippen molar-refractivity contribution in [2.75, 3.05) is 5.32 Å². The van der Waals surface area contributed by atoms with Gasteiger partial charge in [0.25, 0.3) is 11.6 Å². The Kier molecular flexibility index (Phi) is 4.31. The van der Waals surface area contributed by atoms with Crippen molar-refractivity contribution in [2.45, 2.75) is 0 Å². The van der Waals surface area contributed by atoms with Gasteiger partial charge in [0.2, 0.25) is 0 Å². The molecule has 1 aromatic carbocycles. The van der Waals surface area contributed by atoms with Crippen molar-refractivity contribution < 1.29 is 9.72 Å². The van der Waals surface area contributed by atoms with Crippen LogP contribution in [0.5, 0.6) is 0 Å². The average Bonchev–Trinajstić information content (AvgIpc) is 2.38. The van der Waals surface area contributed by atoms with Crippen molar-refractivity contribution in [1.82, 2.24) is 4.98 Å². The third-order valence-electron chi connectivity index (χ3n) is 2.42. The molecule has 0 saturated heterocycles. The van der Waals surface area contributed by atoms with Crippen molar-refractivity contribution in [1.29, 1.82) is 0 Å². The van der Waals surface area contributed by atoms with E-state index in [1.54, 1.807) is 0 Å². The van der Waals surface area contributed by atoms with Crippen LogP contribution in [0.15, 0.2) is 41.1 Å². The monoisotopic (exact) mass is 355 g/mol. The fourth-order valence-corrected chi connectivity index (χ4v) is 2.22. The Bertz CT molecular complexity index is 693. The largest absolute Gasteiger partial charge is 0.322 e. The van der Waals surface area contributed by atoms with Gasteiger partial charge in [0, 0.05) is 24.1 Å². The number of nitro groups is 1. The zero-order valence-corrected chi connectivity index (χ0v) is 12.2. The maximum absolute atomic E-state index is 12.0. The SMILES string of the molecule is O=C(Nc1ccc([N+](=O)[O-])c(Br)c1)c1ccncc1Cl. The minimum Gasteiger partial charge on any atom is -0.322 e. The van der Waals surface area contributed by atoms with Gasteiger partial charge in [-0.1, -0.05) is 11.6 Å². The van der Waals surface area contributed by atoms with E-state index in [1.165, 1.54) is 36.7 Å². The van der Waals surface area contributed by atoms with E-state index in [4.69, 9.17) is 11.6 Å². The summed E-state index contributed by atoms with van der Waals surface area (Å²) in [6.45, 7) is 0. The topological polar surface area (TPSA) is 85.1 Å². The number of nitro benzene ring substituents is 1. The van der Waals surface area contributed by atoms with Crippen LogP contribution in [-0.4, -0.2) is 15.8 Å². The molecule has 2 aromatic rings. The van der Waals surface area contributed by atoms with E-state index in [1.807, 2.05) is 0 Å². The van der Waals surface area contributed by atoms with E-state index in [-0.39, 0.29) is 20.7 Å². The number of anilines is 1. The highest BCUT2D eigenvalue weighted by atomic mass is 79.9. The molecular weight excluding hydrogens is 350 g/mol. The second-order valence-corrected chi connectivity index (χ2v) is 4.99. The third-order valence-corrected chi connectivity index (χ3v) is 3.36. The van der Waals surface area contributed by atoms with Crippen molar-refractivity contribution in [3.8, 4) is 0 Å². The Hall–Kier alpha value is -1.99. The quantitative estimate of drug-likeness (QED) is 0.672. The first-order valence-corrected chi connectivity index (χ1v) is 6.51. The number of carbonyl (C=O) groups excluding carboxylic acids is 1. The Morgan fingerprint density at radius 1 is 1.40 bits per heavy atom. The zero-order chi connectivity index (χ0) is 14.7. The number of amides is 1. The van der Waals surface area contributed by atoms with E-state index in [0.29, 0.717) is 5.69 Å². The van der Waals surface area contributed by atoms with E-state index in [2.05, 4.69) is 26.2 Å². The summed E-state index contributed by atoms with van der Waals surface area (Å²) in [4.78, 5) is 25.9. The summed E-state index contributed by atoms with van der Waals surface area (Å²) >= 11 is 8.94. The number of nitrogens with zero attached hydrogens (tertiary/aromatic N) is 2. The second-order valence-electron chi connectivity index (χ2n) is 3.73. The van der Waals surface area contributed by atoms with E-state index in [9.17, 15) is 14.9 Å². The molecule has 0 aliphatic heterocycles. The van der Waals surface area contributed by atoms with Crippen molar-refractivity contribution in [3.05, 3.63) is 61.8 Å². The van der Waals surface area contributed by atoms with E-state index in [0.717, 1.165) is 0 Å². The van der Waals surface area contributed by atoms with Crippen LogP contribution in [0.1, 0.15) is 10.4 Å². The predicted octanol–water partition coefficient (Wildman–Crippen LogP) is 3.66. The molecule has 0 fully saturated rings. The van der Waals surface area contributed by atoms with Crippen LogP contribution in [0.2, 0.25) is 5.02 Å². The van der Waals surface area contributed by atoms with E-state index >= 15 is 0 Å². The van der Waals surface area contributed by atoms with Gasteiger partial charge in [-0.05, 0) is 34.1 Å². The van der Waals surface area contributed by atoms with Crippen LogP contribution in [0.3, 0.4) is 0 Å². The van der Waals surface area contributed by atoms with Crippen molar-refractivity contribution >= 4 is 44.8 Å². The molecule has 0 aliphatic rings. The maximum atomic E-state index is 12.0. The first kappa shape index (κ1) is 14.4. The van der Waals surface area contributed by atoms with E-state index < -0.39 is 10.8 Å². The smallest absolute Gasteiger partial charge is 0.283 e. The molecule has 1 heterocycles. The molecule has 8 heteroatoms. The molecule has 20 heavy (non-hydrogen) atoms. The van der Waals surface area contributed by atoms with Crippen LogP contribution in [0.25, 0.3) is 0 Å². The van der Waals surface area contributed by atoms with Gasteiger partial charge in [-0.3, -0.25) is 19.9 Å². The minimum absolute atomic E-state index is 0.0788. The van der Waals surface area contributed by atoms with Gasteiger partial charge in [-0.2, -0.15) is 0 Å². The summed E-state index contributed by atoms with van der Waals surface area (Å²) in [5.41, 5.74) is 0.612. The number of rotatable bonds is 3. The first-order chi connectivity index (χ1) is 9.49. The fourth-order valence-electron chi connectivity index (χ4n) is 1.49. The number of halogens is 2. The normalized spacial score (nSPS) is 10.1. The molecule has 0 unspecified atom stereocenters. The van der Waals surface area contributed by atoms with Gasteiger partial charge in [0.15, 0.2) is 0 Å². The highest BCUT2D eigenvalue weighted by Gasteiger charge is 2.14. The highest BCUT2D eigenvalue weighted by molar-refractivity contribution is 9.10. The number of hydrogen-bond acceptors (Lipinski definition) is 4. The van der Waals surface area contributed by atoms with Crippen LogP contribution >= 0.6 is 27.5 Å². The van der Waals surface area contributed by atoms with Gasteiger partial charge >= 0.3 is 0 Å². The highest BCUT2D eigenvalue weighted by Crippen LogP contribution is 2.28. The summed E-state index contributed by atoms with van der Waals surface area (Å²) in [5.74, 6) is -0.418. The molecule has 0 atom stereocenters. The number of aromatic nitrogens is 1. The Morgan fingerprint density at radius 2 is 2.15 bits per heavy atom. The molecule has 0 radical (unpaired) electrons. The van der Waals surface area contributed by atoms with Gasteiger partial charge in [-0.15, -0.1) is 0 Å². The van der Waals surface area contributed by atoms with Gasteiger partial charge in [0.1, 0.15) is 0 Å². The Labute approximate surface area is 127 Å². The van der Waals surface area contributed by atoms with Gasteiger partial charge in [0.05, 0.1) is 20.0 Å². The first-order valence-electron chi connectivity index (χ1n) is 5.34. The molecule has 2 rings (SSSR count). The summed E-state index contributed by atoms with van der Waals surface area (Å²) in [6, 6.07) is 5.67. The molecule has 1 N–H and O–H groups in total. The lowest BCUT2D eigenvalue weighted by atomic mass is 10.2. The molecule has 0 bridgehead atoms. The van der Waals surface area contributed by atoms with Crippen LogP contribution in [0.4, 0.5) is 11.4 Å². The number of hydrogen-bond donors (Lipinski definition) is 1. The molecule has 0 saturated carbocycles. The van der Waals surface area contributed by atoms with Crippen molar-refractivity contribution in [2.24, 2.45) is 0 Å². The molecule has 102 valence electrons. The lowest BCUT2D eigenvalue weighted by molar-refractivity contribution is -0.385. The maximum Gasteiger partial charge on any atom is 0.283 e. The molecule has 6 nitrogen and oxygen atoms in total. The summed E-state index contributed by atoms with van der Waals surface area (Å²) in [6.07, 6.45) is 2.81. The molecular formula is C12H7BrClN3O3. The van der Waals surface area contributed by atoms with Crippen molar-refractivity contribution in [3.63, 3.8) is 0 Å². The second kappa shape index (κ2) is 5.98. The summed E-state index contributed by atoms with van der Waals surface area (Å²) < 4.78 is 0.279. The minimum atomic E-state index is -0.518. The van der Waals surface area contributed by atoms with Crippen LogP contribution < -0.4 is 5.32 Å². The predicted molar refractivity (Wildman–Crippen MR) is 78.0 cm³/mol. The number of nitrogens with one attached hydrogen (secondary N) is 1. The molecule has 0 spiro atoms. The summed E-state index contributed by atoms with van der Waals surface area (Å²) in [5, 5.41) is 13.5. The number of carbonyl (C=O) groups is 1. The number of benzene rings is 1. The molecule has 1 aromatic heterocycles. The molecule has 1 amide bonds. The average molecular weight is 357 g/mol. The Balaban J connectivity index is 2.23. The number of pyridine rings is 1. The fraction of sp³-hybridized carbons (Fsp3) is 0. The van der Waals surface area contributed by atoms with Gasteiger partial charge < -0.3 is 5.32 Å². The lowest BCUT2D eigenvalue weighted by Crippen LogP contribution is -2.12. The third kappa shape index (κ3) is 3.12. The van der Waals surface area contributed by atoms with Crippen LogP contribution in [-0.2, 0) is 0 Å². The lowest BCUT2D eigenvalue weighted by Gasteiger charge is -2.06.